The molecule has 0 aliphatic carbocycles. The van der Waals surface area contributed by atoms with Gasteiger partial charge < -0.3 is 4.90 Å². The minimum absolute atomic E-state index is 0.144. The second-order valence-electron chi connectivity index (χ2n) is 6.04. The van der Waals surface area contributed by atoms with E-state index in [4.69, 9.17) is 0 Å². The molecule has 2 aliphatic rings. The van der Waals surface area contributed by atoms with Crippen LogP contribution in [0.2, 0.25) is 0 Å². The Labute approximate surface area is 115 Å². The number of alkyl halides is 2. The van der Waals surface area contributed by atoms with Gasteiger partial charge in [-0.15, -0.1) is 0 Å². The van der Waals surface area contributed by atoms with E-state index >= 15 is 0 Å². The molecule has 20 heavy (non-hydrogen) atoms. The molecule has 0 radical (unpaired) electrons. The van der Waals surface area contributed by atoms with Crippen LogP contribution in [0.4, 0.5) is 8.78 Å². The van der Waals surface area contributed by atoms with Crippen molar-refractivity contribution in [3.8, 4) is 0 Å². The Balaban J connectivity index is 1.81. The van der Waals surface area contributed by atoms with E-state index in [1.807, 2.05) is 0 Å². The lowest BCUT2D eigenvalue weighted by Gasteiger charge is -2.42. The van der Waals surface area contributed by atoms with E-state index in [1.54, 1.807) is 29.2 Å². The average Bonchev–Trinajstić information content (AvgIpc) is 2.93. The van der Waals surface area contributed by atoms with Gasteiger partial charge in [0, 0.05) is 44.9 Å². The molecule has 1 unspecified atom stereocenters. The first-order valence-corrected chi connectivity index (χ1v) is 6.74. The largest absolute Gasteiger partial charge is 0.345 e. The molecule has 5 nitrogen and oxygen atoms in total. The normalized spacial score (nSPS) is 30.4. The van der Waals surface area contributed by atoms with Crippen LogP contribution < -0.4 is 0 Å². The highest BCUT2D eigenvalue weighted by Gasteiger charge is 2.56. The smallest absolute Gasteiger partial charge is 0.261 e. The van der Waals surface area contributed by atoms with Gasteiger partial charge in [-0.05, 0) is 6.42 Å². The molecule has 3 heterocycles. The lowest BCUT2D eigenvalue weighted by Crippen LogP contribution is -2.54. The van der Waals surface area contributed by atoms with Crippen LogP contribution >= 0.6 is 0 Å². The number of carbonyl (C=O) groups excluding carboxylic acids is 1. The van der Waals surface area contributed by atoms with Crippen LogP contribution in [0.5, 0.6) is 0 Å². The Morgan fingerprint density at radius 1 is 1.45 bits per heavy atom. The third-order valence-electron chi connectivity index (χ3n) is 4.27. The molecule has 0 bridgehead atoms. The predicted molar refractivity (Wildman–Crippen MR) is 68.1 cm³/mol. The zero-order valence-corrected chi connectivity index (χ0v) is 11.4. The Kier molecular flexibility index (Phi) is 3.04. The quantitative estimate of drug-likeness (QED) is 0.885. The maximum atomic E-state index is 14.0. The molecular formula is C13H18F2N4O. The van der Waals surface area contributed by atoms with E-state index in [0.717, 1.165) is 5.56 Å². The van der Waals surface area contributed by atoms with Gasteiger partial charge in [0.05, 0.1) is 18.2 Å². The van der Waals surface area contributed by atoms with Crippen molar-refractivity contribution in [3.05, 3.63) is 18.0 Å². The summed E-state index contributed by atoms with van der Waals surface area (Å²) in [6.07, 6.45) is 3.51. The third kappa shape index (κ3) is 2.30. The molecule has 0 aromatic carbocycles. The van der Waals surface area contributed by atoms with Gasteiger partial charge in [0.2, 0.25) is 5.91 Å². The molecule has 2 fully saturated rings. The first kappa shape index (κ1) is 13.5. The Bertz CT molecular complexity index is 504. The summed E-state index contributed by atoms with van der Waals surface area (Å²) < 4.78 is 28.1. The molecule has 1 aromatic heterocycles. The standard InChI is InChI=1S/C13H18F2N4O/c1-18-3-2-12(11(18)20)7-13(14,15)9-19(8-12)6-10-4-16-17-5-10/h4-5H,2-3,6-9H2,1H3,(H,16,17). The number of likely N-dealkylation sites (tertiary alicyclic amines) is 2. The van der Waals surface area contributed by atoms with Crippen LogP contribution in [0.15, 0.2) is 12.4 Å². The van der Waals surface area contributed by atoms with Gasteiger partial charge in [0.1, 0.15) is 0 Å². The van der Waals surface area contributed by atoms with Crippen molar-refractivity contribution in [2.45, 2.75) is 25.3 Å². The highest BCUT2D eigenvalue weighted by atomic mass is 19.3. The second-order valence-corrected chi connectivity index (χ2v) is 6.04. The molecule has 2 aliphatic heterocycles. The molecule has 110 valence electrons. The number of nitrogens with one attached hydrogen (secondary N) is 1. The van der Waals surface area contributed by atoms with Crippen LogP contribution in [0.1, 0.15) is 18.4 Å². The summed E-state index contributed by atoms with van der Waals surface area (Å²) in [6, 6.07) is 0. The van der Waals surface area contributed by atoms with E-state index in [2.05, 4.69) is 10.2 Å². The number of nitrogens with zero attached hydrogens (tertiary/aromatic N) is 3. The lowest BCUT2D eigenvalue weighted by atomic mass is 9.77. The number of H-pyrrole nitrogens is 1. The molecule has 1 amide bonds. The molecule has 1 atom stereocenters. The highest BCUT2D eigenvalue weighted by Crippen LogP contribution is 2.45. The van der Waals surface area contributed by atoms with Crippen molar-refractivity contribution < 1.29 is 13.6 Å². The maximum absolute atomic E-state index is 14.0. The monoisotopic (exact) mass is 284 g/mol. The molecule has 1 N–H and O–H groups in total. The Morgan fingerprint density at radius 2 is 2.25 bits per heavy atom. The van der Waals surface area contributed by atoms with Crippen LogP contribution in [-0.2, 0) is 11.3 Å². The summed E-state index contributed by atoms with van der Waals surface area (Å²) in [5, 5.41) is 6.50. The molecule has 0 saturated carbocycles. The fourth-order valence-electron chi connectivity index (χ4n) is 3.46. The zero-order valence-electron chi connectivity index (χ0n) is 11.4. The van der Waals surface area contributed by atoms with Crippen LogP contribution in [0, 0.1) is 5.41 Å². The summed E-state index contributed by atoms with van der Waals surface area (Å²) in [4.78, 5) is 15.5. The number of carbonyl (C=O) groups is 1. The van der Waals surface area contributed by atoms with E-state index in [0.29, 0.717) is 26.1 Å². The summed E-state index contributed by atoms with van der Waals surface area (Å²) in [6.45, 7) is 1.06. The Morgan fingerprint density at radius 3 is 2.85 bits per heavy atom. The first-order valence-electron chi connectivity index (χ1n) is 6.74. The fourth-order valence-corrected chi connectivity index (χ4v) is 3.46. The van der Waals surface area contributed by atoms with Crippen molar-refractivity contribution in [3.63, 3.8) is 0 Å². The summed E-state index contributed by atoms with van der Waals surface area (Å²) >= 11 is 0. The molecule has 1 aromatic rings. The second kappa shape index (κ2) is 4.51. The predicted octanol–water partition coefficient (Wildman–Crippen LogP) is 1.10. The molecular weight excluding hydrogens is 266 g/mol. The van der Waals surface area contributed by atoms with Gasteiger partial charge in [0.15, 0.2) is 0 Å². The van der Waals surface area contributed by atoms with Gasteiger partial charge in [-0.2, -0.15) is 5.10 Å². The SMILES string of the molecule is CN1CCC2(CN(Cc3cn[nH]c3)CC(F)(F)C2)C1=O. The Hall–Kier alpha value is -1.50. The van der Waals surface area contributed by atoms with Gasteiger partial charge in [0.25, 0.3) is 5.92 Å². The summed E-state index contributed by atoms with van der Waals surface area (Å²) in [5.74, 6) is -2.96. The van der Waals surface area contributed by atoms with E-state index < -0.39 is 11.3 Å². The van der Waals surface area contributed by atoms with Crippen LogP contribution in [-0.4, -0.2) is 58.5 Å². The number of hydrogen-bond acceptors (Lipinski definition) is 3. The minimum Gasteiger partial charge on any atom is -0.345 e. The summed E-state index contributed by atoms with van der Waals surface area (Å²) in [5.41, 5.74) is -0.0584. The van der Waals surface area contributed by atoms with Crippen molar-refractivity contribution in [1.82, 2.24) is 20.0 Å². The van der Waals surface area contributed by atoms with Crippen LogP contribution in [0.3, 0.4) is 0 Å². The number of aromatic amines is 1. The van der Waals surface area contributed by atoms with E-state index in [9.17, 15) is 13.6 Å². The molecule has 7 heteroatoms. The number of halogens is 2. The number of amides is 1. The number of rotatable bonds is 2. The maximum Gasteiger partial charge on any atom is 0.261 e. The van der Waals surface area contributed by atoms with Gasteiger partial charge in [-0.1, -0.05) is 0 Å². The van der Waals surface area contributed by atoms with Gasteiger partial charge in [-0.3, -0.25) is 14.8 Å². The minimum atomic E-state index is -2.82. The third-order valence-corrected chi connectivity index (χ3v) is 4.27. The first-order chi connectivity index (χ1) is 9.40. The number of piperidine rings is 1. The number of aromatic nitrogens is 2. The van der Waals surface area contributed by atoms with Crippen molar-refractivity contribution in [1.29, 1.82) is 0 Å². The molecule has 2 saturated heterocycles. The molecule has 1 spiro atoms. The molecule has 3 rings (SSSR count). The lowest BCUT2D eigenvalue weighted by molar-refractivity contribution is -0.154. The van der Waals surface area contributed by atoms with Gasteiger partial charge in [-0.25, -0.2) is 8.78 Å². The van der Waals surface area contributed by atoms with Crippen molar-refractivity contribution in [2.75, 3.05) is 26.7 Å². The van der Waals surface area contributed by atoms with E-state index in [1.165, 1.54) is 0 Å². The topological polar surface area (TPSA) is 52.2 Å². The number of hydrogen-bond donors (Lipinski definition) is 1. The van der Waals surface area contributed by atoms with Crippen molar-refractivity contribution in [2.24, 2.45) is 5.41 Å². The summed E-state index contributed by atoms with van der Waals surface area (Å²) in [7, 11) is 1.68. The highest BCUT2D eigenvalue weighted by molar-refractivity contribution is 5.85. The fraction of sp³-hybridized carbons (Fsp3) is 0.692. The zero-order chi connectivity index (χ0) is 14.4. The average molecular weight is 284 g/mol. The van der Waals surface area contributed by atoms with Gasteiger partial charge >= 0.3 is 0 Å². The van der Waals surface area contributed by atoms with E-state index in [-0.39, 0.29) is 18.9 Å². The van der Waals surface area contributed by atoms with Crippen LogP contribution in [0.25, 0.3) is 0 Å². The van der Waals surface area contributed by atoms with Crippen molar-refractivity contribution >= 4 is 5.91 Å².